The van der Waals surface area contributed by atoms with E-state index < -0.39 is 12.7 Å². The van der Waals surface area contributed by atoms with Gasteiger partial charge in [-0.2, -0.15) is 18.2 Å². The Morgan fingerprint density at radius 3 is 2.53 bits per heavy atom. The Labute approximate surface area is 189 Å². The minimum atomic E-state index is -4.43. The smallest absolute Gasteiger partial charge is 0.408 e. The molecule has 0 saturated heterocycles. The first-order valence-corrected chi connectivity index (χ1v) is 9.10. The monoisotopic (exact) mass is 475 g/mol. The van der Waals surface area contributed by atoms with Crippen molar-refractivity contribution in [3.63, 3.8) is 0 Å². The number of anilines is 1. The van der Waals surface area contributed by atoms with E-state index in [1.54, 1.807) is 39.3 Å². The first kappa shape index (κ1) is 28.6. The molecule has 0 aliphatic rings. The molecule has 0 atom stereocenters. The van der Waals surface area contributed by atoms with Crippen molar-refractivity contribution in [3.05, 3.63) is 41.9 Å². The molecule has 0 radical (unpaired) electrons. The number of terminal acetylenes is 1. The number of nitrogens with two attached hydrogens (primary N) is 1. The number of aromatic nitrogens is 3. The molecule has 9 nitrogen and oxygen atoms in total. The topological polar surface area (TPSA) is 103 Å². The number of benzene rings is 1. The molecule has 1 heterocycles. The molecule has 0 aliphatic carbocycles. The van der Waals surface area contributed by atoms with E-state index in [2.05, 4.69) is 44.2 Å². The second-order valence-corrected chi connectivity index (χ2v) is 6.00. The van der Waals surface area contributed by atoms with Crippen LogP contribution in [0.25, 0.3) is 0 Å². The van der Waals surface area contributed by atoms with Crippen molar-refractivity contribution >= 4 is 23.4 Å². The van der Waals surface area contributed by atoms with Gasteiger partial charge in [-0.3, -0.25) is 0 Å². The molecule has 0 aliphatic heterocycles. The molecule has 3 N–H and O–H groups in total. The molecule has 0 spiro atoms. The summed E-state index contributed by atoms with van der Waals surface area (Å²) in [5.74, 6) is 8.19. The maximum atomic E-state index is 12.5. The minimum Gasteiger partial charge on any atom is -0.483 e. The molecule has 32 heavy (non-hydrogen) atoms. The highest BCUT2D eigenvalue weighted by atomic mass is 35.5. The Hall–Kier alpha value is -3.43. The maximum absolute atomic E-state index is 12.5. The van der Waals surface area contributed by atoms with Crippen LogP contribution in [-0.4, -0.2) is 53.2 Å². The van der Waals surface area contributed by atoms with Crippen LogP contribution >= 0.6 is 11.6 Å². The highest BCUT2D eigenvalue weighted by molar-refractivity contribution is 6.30. The average Bonchev–Trinajstić information content (AvgIpc) is 3.07. The van der Waals surface area contributed by atoms with E-state index in [1.807, 2.05) is 0 Å². The summed E-state index contributed by atoms with van der Waals surface area (Å²) in [6, 6.07) is 5.98. The van der Waals surface area contributed by atoms with Crippen molar-refractivity contribution in [3.8, 4) is 24.1 Å². The van der Waals surface area contributed by atoms with Gasteiger partial charge in [0.25, 0.3) is 0 Å². The molecule has 0 unspecified atom stereocenters. The van der Waals surface area contributed by atoms with Crippen LogP contribution in [0.2, 0.25) is 5.02 Å². The van der Waals surface area contributed by atoms with Crippen LogP contribution in [0.1, 0.15) is 6.92 Å². The summed E-state index contributed by atoms with van der Waals surface area (Å²) in [5, 5.41) is 11.5. The number of hydrazone groups is 1. The Bertz CT molecular complexity index is 909. The van der Waals surface area contributed by atoms with Gasteiger partial charge in [-0.1, -0.05) is 30.2 Å². The molecule has 13 heteroatoms. The third-order valence-electron chi connectivity index (χ3n) is 2.91. The Kier molecular flexibility index (Phi) is 13.0. The lowest BCUT2D eigenvalue weighted by Gasteiger charge is -2.09. The lowest BCUT2D eigenvalue weighted by atomic mass is 10.3. The molecule has 0 bridgehead atoms. The predicted octanol–water partition coefficient (Wildman–Crippen LogP) is 3.91. The van der Waals surface area contributed by atoms with E-state index in [1.165, 1.54) is 24.3 Å². The number of nitrogens with zero attached hydrogens (tertiary/aromatic N) is 5. The van der Waals surface area contributed by atoms with E-state index >= 15 is 0 Å². The van der Waals surface area contributed by atoms with Gasteiger partial charge >= 0.3 is 12.2 Å². The van der Waals surface area contributed by atoms with Crippen molar-refractivity contribution < 1.29 is 22.6 Å². The number of halogens is 4. The largest absolute Gasteiger partial charge is 0.483 e. The lowest BCUT2D eigenvalue weighted by molar-refractivity contribution is -0.143. The lowest BCUT2D eigenvalue weighted by Crippen LogP contribution is -2.21. The summed E-state index contributed by atoms with van der Waals surface area (Å²) < 4.78 is 48.0. The van der Waals surface area contributed by atoms with Gasteiger partial charge in [-0.25, -0.2) is 15.6 Å². The standard InChI is InChI=1S/C11H10ClF3N4O.C4H11N3O.C4H4/c1-16-9-17-10(19(18-9)6-11(13,14)15)20-8-4-2-3-7(12)5-8;1-4(8-3)6-7(2)5;1-3-4-2/h2-5H,6H2,1H3,(H,16,18);5H2,1-3H3;1,4H,2H2/b;6-4-;. The van der Waals surface area contributed by atoms with Crippen LogP contribution in [0.5, 0.6) is 11.8 Å². The molecule has 0 amide bonds. The number of ether oxygens (including phenoxy) is 2. The quantitative estimate of drug-likeness (QED) is 0.222. The fourth-order valence-corrected chi connectivity index (χ4v) is 1.86. The number of hydrazine groups is 1. The Morgan fingerprint density at radius 2 is 2.12 bits per heavy atom. The van der Waals surface area contributed by atoms with Crippen LogP contribution in [0.15, 0.2) is 42.0 Å². The molecule has 176 valence electrons. The van der Waals surface area contributed by atoms with Crippen molar-refractivity contribution in [2.75, 3.05) is 26.5 Å². The van der Waals surface area contributed by atoms with E-state index in [9.17, 15) is 13.2 Å². The fraction of sp³-hybridized carbons (Fsp3) is 0.316. The van der Waals surface area contributed by atoms with Crippen LogP contribution in [0.3, 0.4) is 0 Å². The first-order valence-electron chi connectivity index (χ1n) is 8.73. The maximum Gasteiger partial charge on any atom is 0.408 e. The van der Waals surface area contributed by atoms with E-state index in [4.69, 9.17) is 22.2 Å². The molecule has 2 rings (SSSR count). The number of nitrogens with one attached hydrogen (secondary N) is 1. The van der Waals surface area contributed by atoms with Crippen molar-refractivity contribution in [2.24, 2.45) is 10.9 Å². The van der Waals surface area contributed by atoms with E-state index in [0.29, 0.717) is 15.6 Å². The zero-order valence-electron chi connectivity index (χ0n) is 18.0. The number of alkyl halides is 3. The molecular weight excluding hydrogens is 451 g/mol. The van der Waals surface area contributed by atoms with Crippen LogP contribution in [0.4, 0.5) is 19.1 Å². The van der Waals surface area contributed by atoms with Crippen LogP contribution < -0.4 is 15.9 Å². The highest BCUT2D eigenvalue weighted by Crippen LogP contribution is 2.26. The number of hydrogen-bond donors (Lipinski definition) is 2. The van der Waals surface area contributed by atoms with Gasteiger partial charge in [-0.15, -0.1) is 16.6 Å². The number of hydrogen-bond acceptors (Lipinski definition) is 8. The molecule has 0 fully saturated rings. The van der Waals surface area contributed by atoms with Gasteiger partial charge in [0.05, 0.1) is 7.11 Å². The molecule has 2 aromatic rings. The summed E-state index contributed by atoms with van der Waals surface area (Å²) in [6.07, 6.45) is 1.64. The summed E-state index contributed by atoms with van der Waals surface area (Å²) in [6.45, 7) is 3.67. The summed E-state index contributed by atoms with van der Waals surface area (Å²) in [5.41, 5.74) is 0. The highest BCUT2D eigenvalue weighted by Gasteiger charge is 2.31. The fourth-order valence-electron chi connectivity index (χ4n) is 1.68. The van der Waals surface area contributed by atoms with Crippen LogP contribution in [-0.2, 0) is 11.3 Å². The molecule has 1 aromatic heterocycles. The van der Waals surface area contributed by atoms with Crippen LogP contribution in [0, 0.1) is 12.3 Å². The molecule has 1 aromatic carbocycles. The van der Waals surface area contributed by atoms with Gasteiger partial charge in [0.15, 0.2) is 0 Å². The first-order chi connectivity index (χ1) is 14.9. The second-order valence-electron chi connectivity index (χ2n) is 5.57. The number of allylic oxidation sites excluding steroid dienone is 1. The molecule has 0 saturated carbocycles. The number of methoxy groups -OCH3 is 1. The van der Waals surface area contributed by atoms with Gasteiger partial charge in [0.2, 0.25) is 11.8 Å². The third kappa shape index (κ3) is 13.0. The van der Waals surface area contributed by atoms with Gasteiger partial charge < -0.3 is 14.8 Å². The summed E-state index contributed by atoms with van der Waals surface area (Å²) >= 11 is 5.77. The third-order valence-corrected chi connectivity index (χ3v) is 3.14. The Morgan fingerprint density at radius 1 is 1.50 bits per heavy atom. The summed E-state index contributed by atoms with van der Waals surface area (Å²) in [4.78, 5) is 3.81. The normalized spacial score (nSPS) is 10.4. The summed E-state index contributed by atoms with van der Waals surface area (Å²) in [7, 11) is 4.67. The van der Waals surface area contributed by atoms with Gasteiger partial charge in [0.1, 0.15) is 12.3 Å². The van der Waals surface area contributed by atoms with Crippen molar-refractivity contribution in [2.45, 2.75) is 19.6 Å². The zero-order valence-corrected chi connectivity index (χ0v) is 18.8. The molecular formula is C19H25ClF3N7O2. The minimum absolute atomic E-state index is 0.0336. The average molecular weight is 476 g/mol. The second kappa shape index (κ2) is 14.6. The van der Waals surface area contributed by atoms with E-state index in [-0.39, 0.29) is 17.7 Å². The van der Waals surface area contributed by atoms with Crippen molar-refractivity contribution in [1.29, 1.82) is 0 Å². The van der Waals surface area contributed by atoms with Gasteiger partial charge in [-0.05, 0) is 24.3 Å². The predicted molar refractivity (Wildman–Crippen MR) is 118 cm³/mol. The van der Waals surface area contributed by atoms with Crippen molar-refractivity contribution in [1.82, 2.24) is 19.9 Å². The van der Waals surface area contributed by atoms with E-state index in [0.717, 1.165) is 0 Å². The Balaban J connectivity index is 0.000000666. The zero-order chi connectivity index (χ0) is 24.7. The SMILES string of the molecule is C#CC=C.CNc1nc(Oc2cccc(Cl)c2)n(CC(F)(F)F)n1.CO/C(C)=N\N(C)N. The number of rotatable bonds is 5. The van der Waals surface area contributed by atoms with Gasteiger partial charge in [0, 0.05) is 26.0 Å².